The lowest BCUT2D eigenvalue weighted by molar-refractivity contribution is -0.137. The topological polar surface area (TPSA) is 38.3 Å². The Morgan fingerprint density at radius 2 is 2.06 bits per heavy atom. The lowest BCUT2D eigenvalue weighted by Gasteiger charge is -2.12. The van der Waals surface area contributed by atoms with Crippen molar-refractivity contribution in [3.63, 3.8) is 0 Å². The van der Waals surface area contributed by atoms with E-state index in [9.17, 15) is 18.0 Å². The highest BCUT2D eigenvalue weighted by Crippen LogP contribution is 2.36. The third-order valence-electron chi connectivity index (χ3n) is 2.37. The summed E-state index contributed by atoms with van der Waals surface area (Å²) in [6.45, 7) is 0.0839. The summed E-state index contributed by atoms with van der Waals surface area (Å²) < 4.78 is 42.0. The first-order valence-electron chi connectivity index (χ1n) is 4.68. The summed E-state index contributed by atoms with van der Waals surface area (Å²) in [4.78, 5) is 10.8. The van der Waals surface area contributed by atoms with Crippen LogP contribution in [0.4, 0.5) is 18.0 Å². The Morgan fingerprint density at radius 1 is 1.39 bits per heavy atom. The van der Waals surface area contributed by atoms with Crippen LogP contribution in [-0.2, 0) is 10.9 Å². The molecule has 2 rings (SSSR count). The summed E-state index contributed by atoms with van der Waals surface area (Å²) in [6.07, 6.45) is -5.07. The van der Waals surface area contributed by atoms with Gasteiger partial charge in [0.15, 0.2) is 0 Å². The van der Waals surface area contributed by atoms with Gasteiger partial charge in [-0.15, -0.1) is 12.4 Å². The zero-order chi connectivity index (χ0) is 12.6. The normalized spacial score (nSPS) is 18.9. The molecular formula is C10H8Cl2F3NO2. The van der Waals surface area contributed by atoms with Crippen molar-refractivity contribution in [3.05, 3.63) is 34.3 Å². The zero-order valence-electron chi connectivity index (χ0n) is 8.75. The van der Waals surface area contributed by atoms with E-state index in [2.05, 4.69) is 10.1 Å². The van der Waals surface area contributed by atoms with Crippen LogP contribution in [0.1, 0.15) is 17.2 Å². The number of benzene rings is 1. The fourth-order valence-electron chi connectivity index (χ4n) is 1.54. The first kappa shape index (κ1) is 14.9. The average molecular weight is 302 g/mol. The molecule has 1 aromatic rings. The molecule has 1 saturated heterocycles. The molecule has 1 fully saturated rings. The maximum absolute atomic E-state index is 12.4. The van der Waals surface area contributed by atoms with Crippen LogP contribution in [0.3, 0.4) is 0 Å². The van der Waals surface area contributed by atoms with Crippen molar-refractivity contribution in [1.29, 1.82) is 0 Å². The van der Waals surface area contributed by atoms with Gasteiger partial charge < -0.3 is 10.1 Å². The Balaban J connectivity index is 0.00000162. The van der Waals surface area contributed by atoms with Gasteiger partial charge in [0.1, 0.15) is 6.61 Å². The van der Waals surface area contributed by atoms with Crippen molar-refractivity contribution in [2.75, 3.05) is 6.61 Å². The van der Waals surface area contributed by atoms with E-state index < -0.39 is 28.9 Å². The molecule has 0 spiro atoms. The highest BCUT2D eigenvalue weighted by molar-refractivity contribution is 6.31. The molecule has 1 amide bonds. The van der Waals surface area contributed by atoms with Crippen LogP contribution >= 0.6 is 24.0 Å². The first-order valence-corrected chi connectivity index (χ1v) is 5.05. The second-order valence-electron chi connectivity index (χ2n) is 3.53. The van der Waals surface area contributed by atoms with Gasteiger partial charge in [0.25, 0.3) is 0 Å². The number of hydrogen-bond acceptors (Lipinski definition) is 2. The minimum absolute atomic E-state index is 0. The molecule has 100 valence electrons. The minimum atomic E-state index is -4.48. The van der Waals surface area contributed by atoms with Gasteiger partial charge >= 0.3 is 12.3 Å². The number of rotatable bonds is 1. The molecule has 1 N–H and O–H groups in total. The fraction of sp³-hybridized carbons (Fsp3) is 0.300. The number of hydrogen-bond donors (Lipinski definition) is 1. The molecule has 1 aliphatic heterocycles. The number of alkyl carbamates (subject to hydrolysis) is 1. The molecule has 1 aliphatic rings. The van der Waals surface area contributed by atoms with E-state index >= 15 is 0 Å². The monoisotopic (exact) mass is 301 g/mol. The predicted octanol–water partition coefficient (Wildman–Crippen LogP) is 3.56. The quantitative estimate of drug-likeness (QED) is 0.861. The summed E-state index contributed by atoms with van der Waals surface area (Å²) in [7, 11) is 0. The Bertz CT molecular complexity index is 465. The smallest absolute Gasteiger partial charge is 0.417 e. The minimum Gasteiger partial charge on any atom is -0.447 e. The summed E-state index contributed by atoms with van der Waals surface area (Å²) in [5.41, 5.74) is -0.415. The van der Waals surface area contributed by atoms with Gasteiger partial charge in [-0.2, -0.15) is 13.2 Å². The van der Waals surface area contributed by atoms with Crippen molar-refractivity contribution in [1.82, 2.24) is 5.32 Å². The van der Waals surface area contributed by atoms with Crippen LogP contribution in [0, 0.1) is 0 Å². The molecule has 1 heterocycles. The molecule has 3 nitrogen and oxygen atoms in total. The number of carbonyl (C=O) groups excluding carboxylic acids is 1. The molecule has 0 radical (unpaired) electrons. The Labute approximate surface area is 112 Å². The van der Waals surface area contributed by atoms with Crippen LogP contribution in [0.25, 0.3) is 0 Å². The predicted molar refractivity (Wildman–Crippen MR) is 60.9 cm³/mol. The third-order valence-corrected chi connectivity index (χ3v) is 2.69. The van der Waals surface area contributed by atoms with Gasteiger partial charge in [0.2, 0.25) is 0 Å². The molecular weight excluding hydrogens is 294 g/mol. The van der Waals surface area contributed by atoms with Crippen LogP contribution in [0.15, 0.2) is 18.2 Å². The van der Waals surface area contributed by atoms with Gasteiger partial charge in [-0.3, -0.25) is 0 Å². The van der Waals surface area contributed by atoms with Crippen molar-refractivity contribution >= 4 is 30.1 Å². The second-order valence-corrected chi connectivity index (χ2v) is 3.94. The lowest BCUT2D eigenvalue weighted by atomic mass is 10.1. The van der Waals surface area contributed by atoms with E-state index in [0.29, 0.717) is 5.56 Å². The Kier molecular flexibility index (Phi) is 4.34. The number of alkyl halides is 3. The van der Waals surface area contributed by atoms with E-state index in [1.54, 1.807) is 0 Å². The van der Waals surface area contributed by atoms with E-state index in [-0.39, 0.29) is 19.0 Å². The van der Waals surface area contributed by atoms with Crippen molar-refractivity contribution in [3.8, 4) is 0 Å². The second kappa shape index (κ2) is 5.24. The molecule has 0 aromatic heterocycles. The van der Waals surface area contributed by atoms with Gasteiger partial charge in [-0.25, -0.2) is 4.79 Å². The van der Waals surface area contributed by atoms with Crippen LogP contribution < -0.4 is 5.32 Å². The summed E-state index contributed by atoms with van der Waals surface area (Å²) in [5, 5.41) is 2.06. The van der Waals surface area contributed by atoms with Gasteiger partial charge in [-0.05, 0) is 17.7 Å². The molecule has 1 atom stereocenters. The van der Waals surface area contributed by atoms with Crippen LogP contribution in [0.2, 0.25) is 5.02 Å². The number of amides is 1. The van der Waals surface area contributed by atoms with E-state index in [0.717, 1.165) is 6.07 Å². The number of cyclic esters (lactones) is 1. The number of nitrogens with one attached hydrogen (secondary N) is 1. The van der Waals surface area contributed by atoms with Gasteiger partial charge in [0, 0.05) is 0 Å². The molecule has 8 heteroatoms. The molecule has 0 bridgehead atoms. The number of ether oxygens (including phenoxy) is 1. The third kappa shape index (κ3) is 3.00. The summed E-state index contributed by atoms with van der Waals surface area (Å²) in [6, 6.07) is 2.89. The Morgan fingerprint density at radius 3 is 2.50 bits per heavy atom. The van der Waals surface area contributed by atoms with E-state index in [4.69, 9.17) is 11.6 Å². The van der Waals surface area contributed by atoms with Gasteiger partial charge in [0.05, 0.1) is 16.6 Å². The SMILES string of the molecule is Cl.O=C1N[C@H](c2ccc(C(F)(F)F)c(Cl)c2)CO1. The maximum Gasteiger partial charge on any atom is 0.417 e. The Hall–Kier alpha value is -1.14. The lowest BCUT2D eigenvalue weighted by Crippen LogP contribution is -2.18. The highest BCUT2D eigenvalue weighted by Gasteiger charge is 2.34. The standard InChI is InChI=1S/C10H7ClF3NO2.ClH/c11-7-3-5(8-4-17-9(16)15-8)1-2-6(7)10(12,13)14;/h1-3,8H,4H2,(H,15,16);1H/t8-;/m0./s1. The first-order chi connectivity index (χ1) is 7.88. The molecule has 1 aromatic carbocycles. The zero-order valence-corrected chi connectivity index (χ0v) is 10.3. The van der Waals surface area contributed by atoms with Crippen LogP contribution in [-0.4, -0.2) is 12.7 Å². The van der Waals surface area contributed by atoms with Gasteiger partial charge in [-0.1, -0.05) is 17.7 Å². The summed E-state index contributed by atoms with van der Waals surface area (Å²) in [5.74, 6) is 0. The van der Waals surface area contributed by atoms with Crippen molar-refractivity contribution in [2.24, 2.45) is 0 Å². The van der Waals surface area contributed by atoms with Crippen LogP contribution in [0.5, 0.6) is 0 Å². The maximum atomic E-state index is 12.4. The molecule has 0 unspecified atom stereocenters. The molecule has 18 heavy (non-hydrogen) atoms. The van der Waals surface area contributed by atoms with E-state index in [1.165, 1.54) is 12.1 Å². The summed E-state index contributed by atoms with van der Waals surface area (Å²) >= 11 is 5.56. The molecule has 0 aliphatic carbocycles. The fourth-order valence-corrected chi connectivity index (χ4v) is 1.84. The number of halogens is 5. The highest BCUT2D eigenvalue weighted by atomic mass is 35.5. The average Bonchev–Trinajstić information content (AvgIpc) is 2.62. The number of carbonyl (C=O) groups is 1. The van der Waals surface area contributed by atoms with Crippen molar-refractivity contribution < 1.29 is 22.7 Å². The van der Waals surface area contributed by atoms with E-state index in [1.807, 2.05) is 0 Å². The largest absolute Gasteiger partial charge is 0.447 e. The van der Waals surface area contributed by atoms with Crippen molar-refractivity contribution in [2.45, 2.75) is 12.2 Å². The molecule has 0 saturated carbocycles.